The number of benzene rings is 1. The molecule has 3 N–H and O–H groups in total. The summed E-state index contributed by atoms with van der Waals surface area (Å²) < 4.78 is 6.47. The molecule has 3 aliphatic heterocycles. The zero-order valence-electron chi connectivity index (χ0n) is 20.0. The number of nitrogens with one attached hydrogen (secondary N) is 2. The summed E-state index contributed by atoms with van der Waals surface area (Å²) in [7, 11) is 0. The van der Waals surface area contributed by atoms with Gasteiger partial charge in [0.2, 0.25) is 17.7 Å². The highest BCUT2D eigenvalue weighted by Crippen LogP contribution is 2.60. The summed E-state index contributed by atoms with van der Waals surface area (Å²) in [4.78, 5) is 42.2. The van der Waals surface area contributed by atoms with Gasteiger partial charge in [-0.2, -0.15) is 0 Å². The number of carbonyl (C=O) groups is 3. The van der Waals surface area contributed by atoms with Gasteiger partial charge in [-0.3, -0.25) is 14.4 Å². The molecule has 3 heterocycles. The lowest BCUT2D eigenvalue weighted by atomic mass is 9.70. The third-order valence-corrected chi connectivity index (χ3v) is 8.27. The number of nitrogens with zero attached hydrogens (tertiary/aromatic N) is 1. The Morgan fingerprint density at radius 2 is 1.94 bits per heavy atom. The normalized spacial score (nSPS) is 31.6. The average molecular weight is 536 g/mol. The Balaban J connectivity index is 1.70. The Kier molecular flexibility index (Phi) is 7.36. The van der Waals surface area contributed by atoms with Gasteiger partial charge < -0.3 is 25.4 Å². The van der Waals surface area contributed by atoms with Crippen LogP contribution in [-0.4, -0.2) is 70.0 Å². The number of amides is 3. The maximum atomic E-state index is 13.8. The third kappa shape index (κ3) is 4.05. The van der Waals surface area contributed by atoms with E-state index in [9.17, 15) is 19.5 Å². The molecular formula is C25H34BrN3O5. The van der Waals surface area contributed by atoms with E-state index in [1.54, 1.807) is 4.90 Å². The molecule has 1 spiro atoms. The maximum Gasteiger partial charge on any atom is 0.250 e. The van der Waals surface area contributed by atoms with Crippen molar-refractivity contribution in [3.8, 4) is 0 Å². The molecule has 3 saturated heterocycles. The average Bonchev–Trinajstić information content (AvgIpc) is 3.38. The number of rotatable bonds is 9. The van der Waals surface area contributed by atoms with Crippen molar-refractivity contribution in [3.63, 3.8) is 0 Å². The zero-order chi connectivity index (χ0) is 24.6. The van der Waals surface area contributed by atoms with Crippen molar-refractivity contribution in [2.24, 2.45) is 11.8 Å². The summed E-state index contributed by atoms with van der Waals surface area (Å²) in [5, 5.41) is 15.3. The molecule has 9 heteroatoms. The van der Waals surface area contributed by atoms with Gasteiger partial charge in [0.1, 0.15) is 11.6 Å². The molecule has 2 bridgehead atoms. The molecule has 3 fully saturated rings. The summed E-state index contributed by atoms with van der Waals surface area (Å²) >= 11 is 3.67. The molecular weight excluding hydrogens is 502 g/mol. The number of aryl methyl sites for hydroxylation is 2. The Hall–Kier alpha value is -1.97. The lowest BCUT2D eigenvalue weighted by molar-refractivity contribution is -0.140. The number of aliphatic hydroxyl groups is 1. The lowest BCUT2D eigenvalue weighted by Gasteiger charge is -2.34. The molecule has 0 aliphatic carbocycles. The lowest BCUT2D eigenvalue weighted by Crippen LogP contribution is -2.54. The summed E-state index contributed by atoms with van der Waals surface area (Å²) in [6.45, 7) is 6.71. The summed E-state index contributed by atoms with van der Waals surface area (Å²) in [5.41, 5.74) is 1.54. The van der Waals surface area contributed by atoms with Crippen LogP contribution < -0.4 is 10.6 Å². The number of hydrogen-bond acceptors (Lipinski definition) is 5. The van der Waals surface area contributed by atoms with Crippen molar-refractivity contribution in [2.45, 2.75) is 69.0 Å². The van der Waals surface area contributed by atoms with E-state index in [2.05, 4.69) is 26.6 Å². The molecule has 0 saturated carbocycles. The Morgan fingerprint density at radius 1 is 1.24 bits per heavy atom. The molecule has 4 rings (SSSR count). The summed E-state index contributed by atoms with van der Waals surface area (Å²) in [6.07, 6.45) is 1.90. The number of para-hydroxylation sites is 1. The Labute approximate surface area is 208 Å². The number of ether oxygens (including phenoxy) is 1. The van der Waals surface area contributed by atoms with Crippen LogP contribution in [0.2, 0.25) is 0 Å². The van der Waals surface area contributed by atoms with Crippen molar-refractivity contribution in [1.29, 1.82) is 0 Å². The number of likely N-dealkylation sites (tertiary alicyclic amines) is 1. The first kappa shape index (κ1) is 25.1. The van der Waals surface area contributed by atoms with Crippen molar-refractivity contribution < 1.29 is 24.2 Å². The molecule has 186 valence electrons. The molecule has 3 aliphatic rings. The molecule has 3 amide bonds. The van der Waals surface area contributed by atoms with Crippen LogP contribution in [0.25, 0.3) is 0 Å². The fourth-order valence-electron chi connectivity index (χ4n) is 5.93. The van der Waals surface area contributed by atoms with E-state index in [0.29, 0.717) is 32.4 Å². The highest BCUT2D eigenvalue weighted by atomic mass is 79.9. The first-order valence-electron chi connectivity index (χ1n) is 12.1. The van der Waals surface area contributed by atoms with Crippen LogP contribution in [0.1, 0.15) is 43.7 Å². The second kappa shape index (κ2) is 9.95. The first-order chi connectivity index (χ1) is 16.3. The standard InChI is InChI=1S/C25H34BrN3O5/c1-4-10-27-22(31)17-18-24(33)29(11-5-6-12-30)21(25(18)13-16(26)20(17)34-25)23(32)28-19-14(2)8-7-9-15(19)3/h7-9,16-18,20-21,30H,4-6,10-13H2,1-3H3,(H,27,31)(H,28,32)/t16?,17-,18+,20-,21?,25?/m1/s1. The number of hydrogen-bond donors (Lipinski definition) is 3. The molecule has 1 aromatic rings. The Bertz CT molecular complexity index is 952. The highest BCUT2D eigenvalue weighted by Gasteiger charge is 2.76. The van der Waals surface area contributed by atoms with Gasteiger partial charge in [-0.15, -0.1) is 0 Å². The predicted molar refractivity (Wildman–Crippen MR) is 132 cm³/mol. The SMILES string of the molecule is CCCNC(=O)[C@H]1[C@@H]2OC3(CC2Br)C(C(=O)Nc2c(C)cccc2C)N(CCCCO)C(=O)[C@H]13. The minimum Gasteiger partial charge on any atom is -0.396 e. The zero-order valence-corrected chi connectivity index (χ0v) is 21.6. The molecule has 8 nitrogen and oxygen atoms in total. The molecule has 3 unspecified atom stereocenters. The Morgan fingerprint density at radius 3 is 2.59 bits per heavy atom. The van der Waals surface area contributed by atoms with Crippen molar-refractivity contribution in [3.05, 3.63) is 29.3 Å². The number of unbranched alkanes of at least 4 members (excludes halogenated alkanes) is 1. The number of fused-ring (bicyclic) bond motifs is 1. The van der Waals surface area contributed by atoms with E-state index in [-0.39, 0.29) is 29.2 Å². The van der Waals surface area contributed by atoms with Crippen molar-refractivity contribution in [1.82, 2.24) is 10.2 Å². The fourth-order valence-corrected chi connectivity index (χ4v) is 6.88. The van der Waals surface area contributed by atoms with Crippen LogP contribution in [0.3, 0.4) is 0 Å². The molecule has 1 aromatic carbocycles. The fraction of sp³-hybridized carbons (Fsp3) is 0.640. The van der Waals surface area contributed by atoms with Crippen molar-refractivity contribution >= 4 is 39.3 Å². The molecule has 6 atom stereocenters. The van der Waals surface area contributed by atoms with Crippen LogP contribution in [0.4, 0.5) is 5.69 Å². The quantitative estimate of drug-likeness (QED) is 0.332. The smallest absolute Gasteiger partial charge is 0.250 e. The van der Waals surface area contributed by atoms with Gasteiger partial charge in [0.15, 0.2) is 0 Å². The largest absolute Gasteiger partial charge is 0.396 e. The number of anilines is 1. The molecule has 0 radical (unpaired) electrons. The number of carbonyl (C=O) groups excluding carboxylic acids is 3. The van der Waals surface area contributed by atoms with Gasteiger partial charge in [0.05, 0.1) is 17.9 Å². The van der Waals surface area contributed by atoms with E-state index in [4.69, 9.17) is 4.74 Å². The van der Waals surface area contributed by atoms with Crippen LogP contribution in [0.15, 0.2) is 18.2 Å². The number of alkyl halides is 1. The minimum absolute atomic E-state index is 0.0139. The first-order valence-corrected chi connectivity index (χ1v) is 13.1. The number of halogens is 1. The minimum atomic E-state index is -1.07. The number of aliphatic hydroxyl groups excluding tert-OH is 1. The van der Waals surface area contributed by atoms with E-state index in [1.807, 2.05) is 39.0 Å². The van der Waals surface area contributed by atoms with Crippen LogP contribution in [-0.2, 0) is 19.1 Å². The van der Waals surface area contributed by atoms with E-state index in [1.165, 1.54) is 0 Å². The van der Waals surface area contributed by atoms with Crippen molar-refractivity contribution in [2.75, 3.05) is 25.0 Å². The molecule has 0 aromatic heterocycles. The van der Waals surface area contributed by atoms with Crippen LogP contribution in [0.5, 0.6) is 0 Å². The van der Waals surface area contributed by atoms with Crippen LogP contribution >= 0.6 is 15.9 Å². The topological polar surface area (TPSA) is 108 Å². The summed E-state index contributed by atoms with van der Waals surface area (Å²) in [6, 6.07) is 4.95. The van der Waals surface area contributed by atoms with E-state index in [0.717, 1.165) is 23.2 Å². The highest BCUT2D eigenvalue weighted by molar-refractivity contribution is 9.09. The van der Waals surface area contributed by atoms with Gasteiger partial charge in [-0.25, -0.2) is 0 Å². The predicted octanol–water partition coefficient (Wildman–Crippen LogP) is 2.29. The van der Waals surface area contributed by atoms with Gasteiger partial charge in [-0.1, -0.05) is 41.1 Å². The van der Waals surface area contributed by atoms with Gasteiger partial charge in [-0.05, 0) is 50.7 Å². The van der Waals surface area contributed by atoms with Gasteiger partial charge in [0, 0.05) is 30.2 Å². The third-order valence-electron chi connectivity index (χ3n) is 7.43. The molecule has 34 heavy (non-hydrogen) atoms. The van der Waals surface area contributed by atoms with Gasteiger partial charge >= 0.3 is 0 Å². The van der Waals surface area contributed by atoms with E-state index < -0.39 is 29.6 Å². The maximum absolute atomic E-state index is 13.8. The second-order valence-electron chi connectivity index (χ2n) is 9.67. The van der Waals surface area contributed by atoms with E-state index >= 15 is 0 Å². The second-order valence-corrected chi connectivity index (χ2v) is 10.8. The van der Waals surface area contributed by atoms with Gasteiger partial charge in [0.25, 0.3) is 0 Å². The van der Waals surface area contributed by atoms with Crippen LogP contribution in [0, 0.1) is 25.7 Å². The monoisotopic (exact) mass is 535 g/mol. The summed E-state index contributed by atoms with van der Waals surface area (Å²) in [5.74, 6) is -2.05.